The van der Waals surface area contributed by atoms with Crippen LogP contribution in [0.3, 0.4) is 0 Å². The zero-order valence-corrected chi connectivity index (χ0v) is 16.7. The van der Waals surface area contributed by atoms with Gasteiger partial charge in [-0.15, -0.1) is 0 Å². The van der Waals surface area contributed by atoms with Gasteiger partial charge in [0, 0.05) is 26.2 Å². The second-order valence-corrected chi connectivity index (χ2v) is 7.49. The van der Waals surface area contributed by atoms with Crippen LogP contribution in [0, 0.1) is 5.82 Å². The van der Waals surface area contributed by atoms with Gasteiger partial charge in [-0.25, -0.2) is 9.29 Å². The minimum atomic E-state index is -0.376. The van der Waals surface area contributed by atoms with Gasteiger partial charge in [0.1, 0.15) is 11.5 Å². The Hall–Kier alpha value is -2.99. The normalized spacial score (nSPS) is 18.2. The molecule has 2 amide bonds. The van der Waals surface area contributed by atoms with E-state index in [2.05, 4.69) is 11.8 Å². The highest BCUT2D eigenvalue weighted by Crippen LogP contribution is 2.35. The first-order chi connectivity index (χ1) is 14.0. The fraction of sp³-hybridized carbons (Fsp3) is 0.304. The molecule has 0 atom stereocenters. The quantitative estimate of drug-likeness (QED) is 0.750. The van der Waals surface area contributed by atoms with Crippen molar-refractivity contribution in [2.45, 2.75) is 13.3 Å². The van der Waals surface area contributed by atoms with Gasteiger partial charge in [-0.3, -0.25) is 9.59 Å². The van der Waals surface area contributed by atoms with E-state index in [1.165, 1.54) is 17.0 Å². The van der Waals surface area contributed by atoms with Gasteiger partial charge >= 0.3 is 0 Å². The molecule has 0 spiro atoms. The number of nitrogens with zero attached hydrogens (tertiary/aromatic N) is 3. The summed E-state index contributed by atoms with van der Waals surface area (Å²) in [6.07, 6.45) is 0.883. The number of hydrogen-bond donors (Lipinski definition) is 0. The molecule has 0 saturated carbocycles. The summed E-state index contributed by atoms with van der Waals surface area (Å²) in [4.78, 5) is 32.2. The monoisotopic (exact) mass is 393 g/mol. The molecule has 2 heterocycles. The fourth-order valence-corrected chi connectivity index (χ4v) is 3.83. The maximum atomic E-state index is 13.5. The van der Waals surface area contributed by atoms with Crippen molar-refractivity contribution in [1.82, 2.24) is 9.80 Å². The average molecular weight is 393 g/mol. The van der Waals surface area contributed by atoms with Crippen molar-refractivity contribution in [2.24, 2.45) is 0 Å². The van der Waals surface area contributed by atoms with Crippen LogP contribution in [-0.4, -0.2) is 54.8 Å². The largest absolute Gasteiger partial charge is 0.364 e. The third-order valence-corrected chi connectivity index (χ3v) is 5.61. The molecule has 2 aromatic rings. The van der Waals surface area contributed by atoms with E-state index in [1.807, 2.05) is 36.2 Å². The van der Waals surface area contributed by atoms with E-state index in [0.29, 0.717) is 35.6 Å². The van der Waals surface area contributed by atoms with Crippen LogP contribution < -0.4 is 4.90 Å². The predicted octanol–water partition coefficient (Wildman–Crippen LogP) is 2.92. The maximum absolute atomic E-state index is 13.5. The molecule has 29 heavy (non-hydrogen) atoms. The van der Waals surface area contributed by atoms with Crippen molar-refractivity contribution in [1.29, 1.82) is 0 Å². The summed E-state index contributed by atoms with van der Waals surface area (Å²) in [5.74, 6) is -1.05. The molecule has 0 aromatic heterocycles. The Morgan fingerprint density at radius 2 is 1.48 bits per heavy atom. The third kappa shape index (κ3) is 3.56. The minimum Gasteiger partial charge on any atom is -0.364 e. The van der Waals surface area contributed by atoms with E-state index in [4.69, 9.17) is 0 Å². The zero-order valence-electron chi connectivity index (χ0n) is 16.7. The Bertz CT molecular complexity index is 959. The molecule has 0 bridgehead atoms. The molecule has 0 radical (unpaired) electrons. The van der Waals surface area contributed by atoms with Crippen LogP contribution in [0.25, 0.3) is 5.57 Å². The Balaban J connectivity index is 1.77. The molecular formula is C23H24FN3O2. The number of aryl methyl sites for hydroxylation is 1. The topological polar surface area (TPSA) is 43.9 Å². The Morgan fingerprint density at radius 3 is 2.07 bits per heavy atom. The second kappa shape index (κ2) is 7.79. The van der Waals surface area contributed by atoms with E-state index < -0.39 is 0 Å². The fourth-order valence-electron chi connectivity index (χ4n) is 3.83. The number of rotatable bonds is 4. The van der Waals surface area contributed by atoms with Crippen LogP contribution in [0.5, 0.6) is 0 Å². The lowest BCUT2D eigenvalue weighted by atomic mass is 10.0. The molecule has 5 nitrogen and oxygen atoms in total. The number of hydrogen-bond acceptors (Lipinski definition) is 4. The molecule has 1 fully saturated rings. The third-order valence-electron chi connectivity index (χ3n) is 5.61. The lowest BCUT2D eigenvalue weighted by Crippen LogP contribution is -2.46. The summed E-state index contributed by atoms with van der Waals surface area (Å²) < 4.78 is 13.5. The van der Waals surface area contributed by atoms with E-state index in [9.17, 15) is 14.0 Å². The summed E-state index contributed by atoms with van der Waals surface area (Å²) in [7, 11) is 2.04. The standard InChI is InChI=1S/C23H24FN3O2/c1-3-16-4-10-19(11-5-16)27-22(28)20(17-6-8-18(24)9-7-17)21(23(27)29)26-14-12-25(2)13-15-26/h4-11H,3,12-15H2,1-2H3. The van der Waals surface area contributed by atoms with Crippen molar-refractivity contribution in [3.05, 3.63) is 71.2 Å². The predicted molar refractivity (Wildman–Crippen MR) is 111 cm³/mol. The highest BCUT2D eigenvalue weighted by molar-refractivity contribution is 6.45. The molecule has 2 aromatic carbocycles. The molecule has 6 heteroatoms. The highest BCUT2D eigenvalue weighted by Gasteiger charge is 2.42. The number of likely N-dealkylation sites (N-methyl/N-ethyl adjacent to an activating group) is 1. The van der Waals surface area contributed by atoms with Gasteiger partial charge < -0.3 is 9.80 Å². The first-order valence-electron chi connectivity index (χ1n) is 9.91. The molecule has 0 unspecified atom stereocenters. The molecule has 4 rings (SSSR count). The first-order valence-corrected chi connectivity index (χ1v) is 9.91. The highest BCUT2D eigenvalue weighted by atomic mass is 19.1. The summed E-state index contributed by atoms with van der Waals surface area (Å²) in [6.45, 7) is 5.01. The van der Waals surface area contributed by atoms with E-state index in [-0.39, 0.29) is 17.6 Å². The van der Waals surface area contributed by atoms with E-state index in [0.717, 1.165) is 25.1 Å². The summed E-state index contributed by atoms with van der Waals surface area (Å²) in [5.41, 5.74) is 3.01. The van der Waals surface area contributed by atoms with Crippen LogP contribution in [0.1, 0.15) is 18.1 Å². The van der Waals surface area contributed by atoms with Crippen molar-refractivity contribution in [3.63, 3.8) is 0 Å². The number of anilines is 1. The van der Waals surface area contributed by atoms with Crippen molar-refractivity contribution in [2.75, 3.05) is 38.1 Å². The Labute approximate surface area is 170 Å². The van der Waals surface area contributed by atoms with Crippen LogP contribution in [0.2, 0.25) is 0 Å². The number of amides is 2. The van der Waals surface area contributed by atoms with Gasteiger partial charge in [-0.1, -0.05) is 31.2 Å². The van der Waals surface area contributed by atoms with Crippen molar-refractivity contribution < 1.29 is 14.0 Å². The van der Waals surface area contributed by atoms with Crippen LogP contribution in [0.15, 0.2) is 54.2 Å². The molecule has 1 saturated heterocycles. The molecule has 0 aliphatic carbocycles. The van der Waals surface area contributed by atoms with Gasteiger partial charge in [0.15, 0.2) is 0 Å². The van der Waals surface area contributed by atoms with Crippen molar-refractivity contribution in [3.8, 4) is 0 Å². The maximum Gasteiger partial charge on any atom is 0.282 e. The Morgan fingerprint density at radius 1 is 0.862 bits per heavy atom. The van der Waals surface area contributed by atoms with Crippen molar-refractivity contribution >= 4 is 23.1 Å². The van der Waals surface area contributed by atoms with E-state index >= 15 is 0 Å². The average Bonchev–Trinajstić information content (AvgIpc) is 2.99. The van der Waals surface area contributed by atoms with Crippen LogP contribution in [-0.2, 0) is 16.0 Å². The molecule has 150 valence electrons. The van der Waals surface area contributed by atoms with Gasteiger partial charge in [-0.2, -0.15) is 0 Å². The Kier molecular flexibility index (Phi) is 5.20. The number of halogens is 1. The smallest absolute Gasteiger partial charge is 0.282 e. The number of carbonyl (C=O) groups is 2. The number of benzene rings is 2. The number of carbonyl (C=O) groups excluding carboxylic acids is 2. The first kappa shape index (κ1) is 19.3. The number of imide groups is 1. The summed E-state index contributed by atoms with van der Waals surface area (Å²) >= 11 is 0. The molecule has 2 aliphatic heterocycles. The van der Waals surface area contributed by atoms with Crippen LogP contribution >= 0.6 is 0 Å². The van der Waals surface area contributed by atoms with Gasteiger partial charge in [0.05, 0.1) is 11.3 Å². The SMILES string of the molecule is CCc1ccc(N2C(=O)C(c3ccc(F)cc3)=C(N3CCN(C)CC3)C2=O)cc1. The molecule has 0 N–H and O–H groups in total. The van der Waals surface area contributed by atoms with E-state index in [1.54, 1.807) is 12.1 Å². The van der Waals surface area contributed by atoms with Gasteiger partial charge in [-0.05, 0) is 48.9 Å². The van der Waals surface area contributed by atoms with Gasteiger partial charge in [0.2, 0.25) is 0 Å². The molecule has 2 aliphatic rings. The zero-order chi connectivity index (χ0) is 20.5. The lowest BCUT2D eigenvalue weighted by Gasteiger charge is -2.34. The minimum absolute atomic E-state index is 0.317. The summed E-state index contributed by atoms with van der Waals surface area (Å²) in [5, 5.41) is 0. The lowest BCUT2D eigenvalue weighted by molar-refractivity contribution is -0.120. The van der Waals surface area contributed by atoms with Gasteiger partial charge in [0.25, 0.3) is 11.8 Å². The second-order valence-electron chi connectivity index (χ2n) is 7.49. The summed E-state index contributed by atoms with van der Waals surface area (Å²) in [6, 6.07) is 13.3. The van der Waals surface area contributed by atoms with Crippen LogP contribution in [0.4, 0.5) is 10.1 Å². The molecular weight excluding hydrogens is 369 g/mol. The number of piperazine rings is 1.